The normalized spacial score (nSPS) is 13.6. The molecule has 0 aliphatic carbocycles. The zero-order valence-corrected chi connectivity index (χ0v) is 18.4. The SMILES string of the molecule is C.C.CC(C=O)CCCC(C)O[Si](c1ccccc1)(c1ccccc1)C(C)(C)C. The summed E-state index contributed by atoms with van der Waals surface area (Å²) in [6.45, 7) is 11.1. The van der Waals surface area contributed by atoms with Crippen molar-refractivity contribution >= 4 is 25.0 Å². The molecule has 0 aromatic heterocycles. The molecule has 0 aliphatic heterocycles. The van der Waals surface area contributed by atoms with Crippen LogP contribution in [-0.2, 0) is 9.22 Å². The molecular formula is C26H42O2Si. The van der Waals surface area contributed by atoms with Crippen molar-refractivity contribution in [3.8, 4) is 0 Å². The number of carbonyl (C=O) groups excluding carboxylic acids is 1. The summed E-state index contributed by atoms with van der Waals surface area (Å²) in [7, 11) is -2.47. The van der Waals surface area contributed by atoms with Gasteiger partial charge in [0.15, 0.2) is 0 Å². The standard InChI is InChI=1S/C24H34O2Si.2CH4/c1-20(19-25)13-12-14-21(2)26-27(24(3,4)5,22-15-8-6-9-16-22)23-17-10-7-11-18-23;;/h6-11,15-21H,12-14H2,1-5H3;2*1H4. The lowest BCUT2D eigenvalue weighted by Gasteiger charge is -2.44. The molecule has 0 radical (unpaired) electrons. The molecule has 29 heavy (non-hydrogen) atoms. The molecular weight excluding hydrogens is 372 g/mol. The number of hydrogen-bond acceptors (Lipinski definition) is 2. The van der Waals surface area contributed by atoms with Gasteiger partial charge < -0.3 is 9.22 Å². The highest BCUT2D eigenvalue weighted by atomic mass is 28.4. The van der Waals surface area contributed by atoms with E-state index in [4.69, 9.17) is 4.43 Å². The summed E-state index contributed by atoms with van der Waals surface area (Å²) < 4.78 is 7.04. The van der Waals surface area contributed by atoms with Crippen LogP contribution in [0.3, 0.4) is 0 Å². The topological polar surface area (TPSA) is 26.3 Å². The van der Waals surface area contributed by atoms with E-state index in [2.05, 4.69) is 88.4 Å². The van der Waals surface area contributed by atoms with Crippen LogP contribution in [0.4, 0.5) is 0 Å². The molecule has 0 fully saturated rings. The van der Waals surface area contributed by atoms with Gasteiger partial charge in [-0.3, -0.25) is 0 Å². The third kappa shape index (κ3) is 6.65. The van der Waals surface area contributed by atoms with E-state index in [1.54, 1.807) is 0 Å². The van der Waals surface area contributed by atoms with Crippen molar-refractivity contribution in [1.82, 2.24) is 0 Å². The second-order valence-corrected chi connectivity index (χ2v) is 12.9. The van der Waals surface area contributed by atoms with E-state index < -0.39 is 8.32 Å². The second-order valence-electron chi connectivity index (χ2n) is 8.64. The van der Waals surface area contributed by atoms with E-state index in [0.29, 0.717) is 0 Å². The molecule has 2 aromatic rings. The summed E-state index contributed by atoms with van der Waals surface area (Å²) in [6.07, 6.45) is 4.11. The Balaban J connectivity index is 0.00000392. The average Bonchev–Trinajstić information content (AvgIpc) is 2.66. The molecule has 0 N–H and O–H groups in total. The van der Waals surface area contributed by atoms with E-state index >= 15 is 0 Å². The molecule has 2 nitrogen and oxygen atoms in total. The molecule has 0 spiro atoms. The van der Waals surface area contributed by atoms with Gasteiger partial charge in [0.2, 0.25) is 0 Å². The minimum atomic E-state index is -2.47. The van der Waals surface area contributed by atoms with Crippen LogP contribution in [0.15, 0.2) is 60.7 Å². The van der Waals surface area contributed by atoms with Crippen LogP contribution in [0.1, 0.15) is 68.7 Å². The number of aldehydes is 1. The first-order valence-corrected chi connectivity index (χ1v) is 12.0. The third-order valence-electron chi connectivity index (χ3n) is 5.30. The molecule has 2 aromatic carbocycles. The fourth-order valence-corrected chi connectivity index (χ4v) is 8.58. The Kier molecular flexibility index (Phi) is 11.4. The van der Waals surface area contributed by atoms with Crippen molar-refractivity contribution in [2.75, 3.05) is 0 Å². The molecule has 3 heteroatoms. The monoisotopic (exact) mass is 414 g/mol. The maximum atomic E-state index is 10.9. The van der Waals surface area contributed by atoms with Gasteiger partial charge in [-0.2, -0.15) is 0 Å². The summed E-state index contributed by atoms with van der Waals surface area (Å²) >= 11 is 0. The minimum absolute atomic E-state index is 0. The summed E-state index contributed by atoms with van der Waals surface area (Å²) in [5, 5.41) is 2.63. The number of carbonyl (C=O) groups is 1. The van der Waals surface area contributed by atoms with Crippen LogP contribution in [0, 0.1) is 5.92 Å². The lowest BCUT2D eigenvalue weighted by Crippen LogP contribution is -2.67. The number of benzene rings is 2. The van der Waals surface area contributed by atoms with Crippen LogP contribution in [0.5, 0.6) is 0 Å². The van der Waals surface area contributed by atoms with Gasteiger partial charge in [-0.15, -0.1) is 0 Å². The van der Waals surface area contributed by atoms with Gasteiger partial charge in [-0.25, -0.2) is 0 Å². The van der Waals surface area contributed by atoms with Crippen molar-refractivity contribution in [3.05, 3.63) is 60.7 Å². The van der Waals surface area contributed by atoms with Crippen LogP contribution in [0.2, 0.25) is 5.04 Å². The summed E-state index contributed by atoms with van der Waals surface area (Å²) in [6, 6.07) is 21.5. The summed E-state index contributed by atoms with van der Waals surface area (Å²) in [4.78, 5) is 10.9. The van der Waals surface area contributed by atoms with Gasteiger partial charge in [-0.1, -0.05) is 110 Å². The van der Waals surface area contributed by atoms with E-state index in [-0.39, 0.29) is 31.9 Å². The smallest absolute Gasteiger partial charge is 0.261 e. The largest absolute Gasteiger partial charge is 0.405 e. The lowest BCUT2D eigenvalue weighted by atomic mass is 10.0. The van der Waals surface area contributed by atoms with Crippen LogP contribution in [0.25, 0.3) is 0 Å². The Bertz CT molecular complexity index is 652. The Hall–Kier alpha value is -1.71. The van der Waals surface area contributed by atoms with E-state index in [9.17, 15) is 4.79 Å². The fraction of sp³-hybridized carbons (Fsp3) is 0.500. The molecule has 0 aliphatic rings. The first-order chi connectivity index (χ1) is 12.8. The fourth-order valence-electron chi connectivity index (χ4n) is 3.85. The highest BCUT2D eigenvalue weighted by molar-refractivity contribution is 6.99. The highest BCUT2D eigenvalue weighted by Crippen LogP contribution is 2.37. The van der Waals surface area contributed by atoms with Gasteiger partial charge in [0.25, 0.3) is 8.32 Å². The van der Waals surface area contributed by atoms with Crippen molar-refractivity contribution in [2.24, 2.45) is 5.92 Å². The van der Waals surface area contributed by atoms with Crippen molar-refractivity contribution in [3.63, 3.8) is 0 Å². The quantitative estimate of drug-likeness (QED) is 0.359. The molecule has 2 unspecified atom stereocenters. The van der Waals surface area contributed by atoms with Crippen molar-refractivity contribution < 1.29 is 9.22 Å². The Labute approximate surface area is 180 Å². The number of hydrogen-bond donors (Lipinski definition) is 0. The van der Waals surface area contributed by atoms with Gasteiger partial charge in [0.1, 0.15) is 6.29 Å². The molecule has 0 bridgehead atoms. The molecule has 0 saturated carbocycles. The maximum absolute atomic E-state index is 10.9. The molecule has 2 rings (SSSR count). The predicted molar refractivity (Wildman–Crippen MR) is 131 cm³/mol. The predicted octanol–water partition coefficient (Wildman–Crippen LogP) is 6.23. The first kappa shape index (κ1) is 27.3. The Morgan fingerprint density at radius 1 is 0.862 bits per heavy atom. The Morgan fingerprint density at radius 3 is 1.69 bits per heavy atom. The molecule has 162 valence electrons. The van der Waals surface area contributed by atoms with E-state index in [0.717, 1.165) is 25.5 Å². The zero-order valence-electron chi connectivity index (χ0n) is 17.4. The second kappa shape index (κ2) is 12.1. The lowest BCUT2D eigenvalue weighted by molar-refractivity contribution is -0.110. The Morgan fingerprint density at radius 2 is 1.31 bits per heavy atom. The first-order valence-electron chi connectivity index (χ1n) is 10.1. The molecule has 0 saturated heterocycles. The molecule has 2 atom stereocenters. The summed E-state index contributed by atoms with van der Waals surface area (Å²) in [5.74, 6) is 0.130. The third-order valence-corrected chi connectivity index (χ3v) is 10.5. The van der Waals surface area contributed by atoms with Gasteiger partial charge in [-0.05, 0) is 35.2 Å². The average molecular weight is 415 g/mol. The van der Waals surface area contributed by atoms with Crippen molar-refractivity contribution in [2.45, 2.75) is 79.9 Å². The highest BCUT2D eigenvalue weighted by Gasteiger charge is 2.50. The molecule has 0 heterocycles. The van der Waals surface area contributed by atoms with E-state index in [1.165, 1.54) is 10.4 Å². The van der Waals surface area contributed by atoms with Crippen LogP contribution in [-0.4, -0.2) is 20.7 Å². The van der Waals surface area contributed by atoms with Gasteiger partial charge in [0.05, 0.1) is 0 Å². The minimum Gasteiger partial charge on any atom is -0.405 e. The van der Waals surface area contributed by atoms with E-state index in [1.807, 2.05) is 6.92 Å². The van der Waals surface area contributed by atoms with Crippen LogP contribution < -0.4 is 10.4 Å². The van der Waals surface area contributed by atoms with Crippen LogP contribution >= 0.6 is 0 Å². The van der Waals surface area contributed by atoms with Gasteiger partial charge >= 0.3 is 0 Å². The number of rotatable bonds is 9. The van der Waals surface area contributed by atoms with Crippen molar-refractivity contribution in [1.29, 1.82) is 0 Å². The van der Waals surface area contributed by atoms with Gasteiger partial charge in [0, 0.05) is 12.0 Å². The summed E-state index contributed by atoms with van der Waals surface area (Å²) in [5.41, 5.74) is 0. The molecule has 0 amide bonds. The zero-order chi connectivity index (χ0) is 19.9. The maximum Gasteiger partial charge on any atom is 0.261 e.